The number of carboxylic acids is 1. The number of aromatic amines is 2. The molecule has 0 saturated carbocycles. The van der Waals surface area contributed by atoms with Crippen LogP contribution in [0.5, 0.6) is 0 Å². The summed E-state index contributed by atoms with van der Waals surface area (Å²) in [5.74, 6) is -1.51. The summed E-state index contributed by atoms with van der Waals surface area (Å²) in [5, 5.41) is 11.2. The lowest BCUT2D eigenvalue weighted by atomic mass is 10.0. The Morgan fingerprint density at radius 3 is 2.47 bits per heavy atom. The Morgan fingerprint density at radius 1 is 1.32 bits per heavy atom. The molecule has 0 unspecified atom stereocenters. The van der Waals surface area contributed by atoms with Gasteiger partial charge in [0.25, 0.3) is 5.56 Å². The molecule has 1 amide bonds. The topological polar surface area (TPSA) is 132 Å². The predicted octanol–water partition coefficient (Wildman–Crippen LogP) is -1.02. The van der Waals surface area contributed by atoms with E-state index in [9.17, 15) is 19.2 Å². The van der Waals surface area contributed by atoms with Gasteiger partial charge < -0.3 is 15.4 Å². The molecule has 19 heavy (non-hydrogen) atoms. The fourth-order valence-corrected chi connectivity index (χ4v) is 1.63. The Balaban J connectivity index is 2.72. The number of aromatic nitrogens is 2. The lowest BCUT2D eigenvalue weighted by Gasteiger charge is -2.24. The maximum absolute atomic E-state index is 11.7. The first-order valence-electron chi connectivity index (χ1n) is 5.53. The van der Waals surface area contributed by atoms with E-state index in [2.05, 4.69) is 10.3 Å². The minimum absolute atomic E-state index is 0.164. The lowest BCUT2D eigenvalue weighted by Crippen LogP contribution is -2.45. The first kappa shape index (κ1) is 14.7. The molecule has 0 saturated heterocycles. The molecule has 104 valence electrons. The molecule has 4 N–H and O–H groups in total. The number of hydrogen-bond donors (Lipinski definition) is 4. The highest BCUT2D eigenvalue weighted by atomic mass is 16.4. The summed E-state index contributed by atoms with van der Waals surface area (Å²) in [6.45, 7) is 3.14. The molecular weight excluding hydrogens is 254 g/mol. The maximum atomic E-state index is 11.7. The number of carboxylic acid groups (broad SMARTS) is 1. The average molecular weight is 269 g/mol. The fraction of sp³-hybridized carbons (Fsp3) is 0.455. The number of rotatable bonds is 5. The van der Waals surface area contributed by atoms with Gasteiger partial charge >= 0.3 is 11.7 Å². The van der Waals surface area contributed by atoms with E-state index < -0.39 is 28.7 Å². The maximum Gasteiger partial charge on any atom is 0.325 e. The lowest BCUT2D eigenvalue weighted by molar-refractivity contribution is -0.138. The van der Waals surface area contributed by atoms with Crippen LogP contribution in [0.1, 0.15) is 26.0 Å². The van der Waals surface area contributed by atoms with E-state index >= 15 is 0 Å². The molecule has 0 bridgehead atoms. The summed E-state index contributed by atoms with van der Waals surface area (Å²) in [6.07, 6.45) is -0.438. The van der Waals surface area contributed by atoms with Crippen molar-refractivity contribution in [2.75, 3.05) is 0 Å². The third kappa shape index (κ3) is 5.19. The van der Waals surface area contributed by atoms with Gasteiger partial charge in [0, 0.05) is 17.3 Å². The van der Waals surface area contributed by atoms with Crippen molar-refractivity contribution in [3.05, 3.63) is 32.6 Å². The van der Waals surface area contributed by atoms with Crippen molar-refractivity contribution >= 4 is 11.9 Å². The average Bonchev–Trinajstić information content (AvgIpc) is 2.10. The van der Waals surface area contributed by atoms with Gasteiger partial charge in [-0.15, -0.1) is 0 Å². The number of aliphatic carboxylic acids is 1. The Bertz CT molecular complexity index is 571. The third-order valence-corrected chi connectivity index (χ3v) is 2.24. The highest BCUT2D eigenvalue weighted by Gasteiger charge is 2.23. The molecule has 0 aliphatic rings. The van der Waals surface area contributed by atoms with Gasteiger partial charge in [0.05, 0.1) is 12.8 Å². The zero-order chi connectivity index (χ0) is 14.6. The monoisotopic (exact) mass is 269 g/mol. The Morgan fingerprint density at radius 2 is 1.95 bits per heavy atom. The first-order valence-corrected chi connectivity index (χ1v) is 5.53. The third-order valence-electron chi connectivity index (χ3n) is 2.24. The van der Waals surface area contributed by atoms with Gasteiger partial charge in [0.15, 0.2) is 0 Å². The number of hydrogen-bond acceptors (Lipinski definition) is 4. The van der Waals surface area contributed by atoms with Gasteiger partial charge in [-0.25, -0.2) is 4.79 Å². The van der Waals surface area contributed by atoms with Crippen molar-refractivity contribution < 1.29 is 14.7 Å². The van der Waals surface area contributed by atoms with Gasteiger partial charge in [-0.3, -0.25) is 19.4 Å². The minimum atomic E-state index is -1.03. The van der Waals surface area contributed by atoms with Gasteiger partial charge in [-0.05, 0) is 13.8 Å². The van der Waals surface area contributed by atoms with Crippen LogP contribution in [0.25, 0.3) is 0 Å². The Labute approximate surface area is 107 Å². The van der Waals surface area contributed by atoms with E-state index in [-0.39, 0.29) is 18.5 Å². The molecule has 1 aromatic heterocycles. The molecule has 0 fully saturated rings. The van der Waals surface area contributed by atoms with Crippen molar-refractivity contribution in [3.8, 4) is 0 Å². The zero-order valence-electron chi connectivity index (χ0n) is 10.6. The molecule has 0 aromatic carbocycles. The summed E-state index contributed by atoms with van der Waals surface area (Å²) in [5.41, 5.74) is -2.04. The largest absolute Gasteiger partial charge is 0.481 e. The van der Waals surface area contributed by atoms with Crippen molar-refractivity contribution in [1.29, 1.82) is 0 Å². The van der Waals surface area contributed by atoms with E-state index in [0.717, 1.165) is 6.07 Å². The molecule has 8 heteroatoms. The number of carbonyl (C=O) groups is 2. The highest BCUT2D eigenvalue weighted by Crippen LogP contribution is 2.08. The molecule has 0 aliphatic carbocycles. The normalized spacial score (nSPS) is 11.1. The highest BCUT2D eigenvalue weighted by molar-refractivity contribution is 5.79. The van der Waals surface area contributed by atoms with E-state index in [1.165, 1.54) is 0 Å². The smallest absolute Gasteiger partial charge is 0.325 e. The van der Waals surface area contributed by atoms with E-state index in [1.807, 2.05) is 4.98 Å². The quantitative estimate of drug-likeness (QED) is 0.543. The minimum Gasteiger partial charge on any atom is -0.481 e. The Hall–Kier alpha value is -2.38. The molecule has 1 rings (SSSR count). The van der Waals surface area contributed by atoms with Crippen LogP contribution in [-0.4, -0.2) is 32.5 Å². The fourth-order valence-electron chi connectivity index (χ4n) is 1.63. The molecule has 1 heterocycles. The van der Waals surface area contributed by atoms with Crippen LogP contribution in [0.4, 0.5) is 0 Å². The van der Waals surface area contributed by atoms with Crippen LogP contribution in [0, 0.1) is 0 Å². The van der Waals surface area contributed by atoms with Gasteiger partial charge in [-0.2, -0.15) is 0 Å². The van der Waals surface area contributed by atoms with Crippen LogP contribution in [-0.2, 0) is 16.0 Å². The number of nitrogens with one attached hydrogen (secondary N) is 3. The summed E-state index contributed by atoms with van der Waals surface area (Å²) in [4.78, 5) is 48.6. The van der Waals surface area contributed by atoms with Crippen LogP contribution >= 0.6 is 0 Å². The molecule has 0 spiro atoms. The van der Waals surface area contributed by atoms with Crippen LogP contribution in [0.15, 0.2) is 15.7 Å². The molecule has 0 aliphatic heterocycles. The van der Waals surface area contributed by atoms with Gasteiger partial charge in [0.2, 0.25) is 5.91 Å². The Kier molecular flexibility index (Phi) is 4.26. The number of H-pyrrole nitrogens is 2. The van der Waals surface area contributed by atoms with Gasteiger partial charge in [-0.1, -0.05) is 0 Å². The summed E-state index contributed by atoms with van der Waals surface area (Å²) in [6, 6.07) is 1.10. The predicted molar refractivity (Wildman–Crippen MR) is 65.9 cm³/mol. The number of amides is 1. The van der Waals surface area contributed by atoms with Crippen LogP contribution in [0.3, 0.4) is 0 Å². The first-order chi connectivity index (χ1) is 8.68. The van der Waals surface area contributed by atoms with Crippen molar-refractivity contribution in [2.45, 2.75) is 32.2 Å². The molecule has 0 radical (unpaired) electrons. The van der Waals surface area contributed by atoms with E-state index in [0.29, 0.717) is 0 Å². The standard InChI is InChI=1S/C11H15N3O5/c1-11(2,5-9(17)18)14-8(16)4-6-3-7(15)13-10(19)12-6/h3H,4-5H2,1-2H3,(H,14,16)(H,17,18)(H2,12,13,15,19). The van der Waals surface area contributed by atoms with Crippen LogP contribution in [0.2, 0.25) is 0 Å². The van der Waals surface area contributed by atoms with E-state index in [1.54, 1.807) is 13.8 Å². The number of carbonyl (C=O) groups excluding carboxylic acids is 1. The van der Waals surface area contributed by atoms with E-state index in [4.69, 9.17) is 5.11 Å². The molecular formula is C11H15N3O5. The SMILES string of the molecule is CC(C)(CC(=O)O)NC(=O)Cc1cc(=O)[nH]c(=O)[nH]1. The van der Waals surface area contributed by atoms with Crippen molar-refractivity contribution in [3.63, 3.8) is 0 Å². The molecule has 0 atom stereocenters. The summed E-state index contributed by atoms with van der Waals surface area (Å²) < 4.78 is 0. The summed E-state index contributed by atoms with van der Waals surface area (Å²) >= 11 is 0. The second kappa shape index (κ2) is 5.51. The molecule has 8 nitrogen and oxygen atoms in total. The van der Waals surface area contributed by atoms with Crippen LogP contribution < -0.4 is 16.6 Å². The molecule has 1 aromatic rings. The van der Waals surface area contributed by atoms with Crippen molar-refractivity contribution in [1.82, 2.24) is 15.3 Å². The van der Waals surface area contributed by atoms with Gasteiger partial charge in [0.1, 0.15) is 0 Å². The summed E-state index contributed by atoms with van der Waals surface area (Å²) in [7, 11) is 0. The zero-order valence-corrected chi connectivity index (χ0v) is 10.6. The van der Waals surface area contributed by atoms with Crippen molar-refractivity contribution in [2.24, 2.45) is 0 Å². The second-order valence-corrected chi connectivity index (χ2v) is 4.79. The second-order valence-electron chi connectivity index (χ2n) is 4.79.